The van der Waals surface area contributed by atoms with E-state index in [0.717, 1.165) is 5.56 Å². The zero-order chi connectivity index (χ0) is 10.7. The molecule has 0 amide bonds. The molecule has 0 aliphatic rings. The number of hydrogen-bond acceptors (Lipinski definition) is 1. The van der Waals surface area contributed by atoms with Gasteiger partial charge >= 0.3 is 0 Å². The highest BCUT2D eigenvalue weighted by Gasteiger charge is 2.11. The minimum absolute atomic E-state index is 0.0325. The first kappa shape index (κ1) is 10.9. The van der Waals surface area contributed by atoms with Crippen molar-refractivity contribution in [1.82, 2.24) is 0 Å². The van der Waals surface area contributed by atoms with Crippen LogP contribution in [0.3, 0.4) is 0 Å². The molecule has 0 N–H and O–H groups in total. The Balaban J connectivity index is 2.86. The Bertz CT molecular complexity index is 342. The van der Waals surface area contributed by atoms with Crippen molar-refractivity contribution in [3.05, 3.63) is 35.1 Å². The third-order valence-electron chi connectivity index (χ3n) is 2.21. The number of aryl methyl sites for hydroxylation is 1. The molecule has 0 saturated carbocycles. The van der Waals surface area contributed by atoms with E-state index in [0.29, 0.717) is 5.56 Å². The summed E-state index contributed by atoms with van der Waals surface area (Å²) in [5, 5.41) is 0. The number of carbonyl (C=O) groups excluding carboxylic acids is 1. The van der Waals surface area contributed by atoms with E-state index in [-0.39, 0.29) is 23.9 Å². The molecule has 0 fully saturated rings. The molecule has 0 unspecified atom stereocenters. The first-order valence-corrected chi connectivity index (χ1v) is 4.78. The molecular formula is C12H15FO. The lowest BCUT2D eigenvalue weighted by Gasteiger charge is -2.06. The van der Waals surface area contributed by atoms with E-state index in [1.807, 2.05) is 20.8 Å². The van der Waals surface area contributed by atoms with Crippen LogP contribution in [-0.2, 0) is 11.2 Å². The van der Waals surface area contributed by atoms with Crippen LogP contribution in [0.1, 0.15) is 25.0 Å². The van der Waals surface area contributed by atoms with Gasteiger partial charge in [0.2, 0.25) is 0 Å². The largest absolute Gasteiger partial charge is 0.299 e. The number of Topliss-reactive ketones (excluding diaryl/α,β-unsaturated/α-hetero) is 1. The Hall–Kier alpha value is -1.18. The van der Waals surface area contributed by atoms with Gasteiger partial charge in [-0.25, -0.2) is 4.39 Å². The molecule has 0 aliphatic heterocycles. The Morgan fingerprint density at radius 2 is 2.07 bits per heavy atom. The summed E-state index contributed by atoms with van der Waals surface area (Å²) in [5.74, 6) is -0.242. The van der Waals surface area contributed by atoms with Crippen molar-refractivity contribution in [1.29, 1.82) is 0 Å². The summed E-state index contributed by atoms with van der Waals surface area (Å²) >= 11 is 0. The highest BCUT2D eigenvalue weighted by atomic mass is 19.1. The van der Waals surface area contributed by atoms with E-state index in [2.05, 4.69) is 0 Å². The van der Waals surface area contributed by atoms with Crippen LogP contribution in [0.25, 0.3) is 0 Å². The molecule has 1 rings (SSSR count). The monoisotopic (exact) mass is 194 g/mol. The molecule has 76 valence electrons. The molecular weight excluding hydrogens is 179 g/mol. The zero-order valence-electron chi connectivity index (χ0n) is 8.80. The van der Waals surface area contributed by atoms with Gasteiger partial charge in [0.1, 0.15) is 11.6 Å². The summed E-state index contributed by atoms with van der Waals surface area (Å²) < 4.78 is 13.2. The predicted molar refractivity (Wildman–Crippen MR) is 54.7 cm³/mol. The Kier molecular flexibility index (Phi) is 3.39. The fraction of sp³-hybridized carbons (Fsp3) is 0.417. The van der Waals surface area contributed by atoms with Crippen molar-refractivity contribution < 1.29 is 9.18 Å². The maximum atomic E-state index is 13.2. The third-order valence-corrected chi connectivity index (χ3v) is 2.21. The maximum absolute atomic E-state index is 13.2. The van der Waals surface area contributed by atoms with Crippen LogP contribution < -0.4 is 0 Å². The first-order chi connectivity index (χ1) is 6.50. The lowest BCUT2D eigenvalue weighted by Crippen LogP contribution is -2.11. The van der Waals surface area contributed by atoms with Gasteiger partial charge < -0.3 is 0 Å². The van der Waals surface area contributed by atoms with Crippen LogP contribution in [0.5, 0.6) is 0 Å². The Morgan fingerprint density at radius 1 is 1.43 bits per heavy atom. The van der Waals surface area contributed by atoms with Crippen molar-refractivity contribution in [2.45, 2.75) is 27.2 Å². The molecule has 14 heavy (non-hydrogen) atoms. The standard InChI is InChI=1S/C12H15FO/c1-8(2)12(14)7-10-6-9(3)4-5-11(10)13/h4-6,8H,7H2,1-3H3. The summed E-state index contributed by atoms with van der Waals surface area (Å²) in [6.45, 7) is 5.55. The van der Waals surface area contributed by atoms with Crippen molar-refractivity contribution >= 4 is 5.78 Å². The summed E-state index contributed by atoms with van der Waals surface area (Å²) in [7, 11) is 0. The second-order valence-corrected chi connectivity index (χ2v) is 3.89. The van der Waals surface area contributed by atoms with Crippen LogP contribution >= 0.6 is 0 Å². The second kappa shape index (κ2) is 4.36. The summed E-state index contributed by atoms with van der Waals surface area (Å²) in [6.07, 6.45) is 0.200. The van der Waals surface area contributed by atoms with E-state index in [9.17, 15) is 9.18 Å². The molecule has 0 saturated heterocycles. The molecule has 1 nitrogen and oxygen atoms in total. The number of ketones is 1. The fourth-order valence-corrected chi connectivity index (χ4v) is 1.23. The quantitative estimate of drug-likeness (QED) is 0.723. The minimum atomic E-state index is -0.287. The van der Waals surface area contributed by atoms with Crippen molar-refractivity contribution in [2.75, 3.05) is 0 Å². The molecule has 0 radical (unpaired) electrons. The highest BCUT2D eigenvalue weighted by Crippen LogP contribution is 2.12. The lowest BCUT2D eigenvalue weighted by atomic mass is 9.99. The highest BCUT2D eigenvalue weighted by molar-refractivity contribution is 5.82. The van der Waals surface area contributed by atoms with Crippen LogP contribution in [0.2, 0.25) is 0 Å². The molecule has 0 spiro atoms. The number of rotatable bonds is 3. The number of halogens is 1. The predicted octanol–water partition coefficient (Wildman–Crippen LogP) is 2.90. The third kappa shape index (κ3) is 2.66. The van der Waals surface area contributed by atoms with E-state index >= 15 is 0 Å². The van der Waals surface area contributed by atoms with Gasteiger partial charge in [-0.15, -0.1) is 0 Å². The van der Waals surface area contributed by atoms with E-state index in [1.165, 1.54) is 6.07 Å². The summed E-state index contributed by atoms with van der Waals surface area (Å²) in [6, 6.07) is 4.85. The first-order valence-electron chi connectivity index (χ1n) is 4.78. The number of benzene rings is 1. The van der Waals surface area contributed by atoms with Gasteiger partial charge in [-0.2, -0.15) is 0 Å². The Labute approximate surface area is 83.9 Å². The average Bonchev–Trinajstić information content (AvgIpc) is 2.11. The topological polar surface area (TPSA) is 17.1 Å². The van der Waals surface area contributed by atoms with Gasteiger partial charge in [-0.3, -0.25) is 4.79 Å². The van der Waals surface area contributed by atoms with Gasteiger partial charge in [0.25, 0.3) is 0 Å². The molecule has 0 atom stereocenters. The maximum Gasteiger partial charge on any atom is 0.139 e. The van der Waals surface area contributed by atoms with Crippen molar-refractivity contribution in [3.63, 3.8) is 0 Å². The number of hydrogen-bond donors (Lipinski definition) is 0. The molecule has 0 heterocycles. The van der Waals surface area contributed by atoms with Crippen LogP contribution in [0.4, 0.5) is 4.39 Å². The minimum Gasteiger partial charge on any atom is -0.299 e. The SMILES string of the molecule is Cc1ccc(F)c(CC(=O)C(C)C)c1. The molecule has 0 aromatic heterocycles. The van der Waals surface area contributed by atoms with E-state index in [1.54, 1.807) is 12.1 Å². The Morgan fingerprint density at radius 3 is 2.64 bits per heavy atom. The summed E-state index contributed by atoms with van der Waals surface area (Å²) in [4.78, 5) is 11.4. The van der Waals surface area contributed by atoms with Crippen LogP contribution in [0.15, 0.2) is 18.2 Å². The molecule has 1 aromatic carbocycles. The average molecular weight is 194 g/mol. The van der Waals surface area contributed by atoms with Crippen molar-refractivity contribution in [2.24, 2.45) is 5.92 Å². The van der Waals surface area contributed by atoms with Gasteiger partial charge in [0.15, 0.2) is 0 Å². The van der Waals surface area contributed by atoms with Crippen molar-refractivity contribution in [3.8, 4) is 0 Å². The summed E-state index contributed by atoms with van der Waals surface area (Å²) in [5.41, 5.74) is 1.49. The molecule has 0 bridgehead atoms. The van der Waals surface area contributed by atoms with Gasteiger partial charge in [-0.1, -0.05) is 31.5 Å². The van der Waals surface area contributed by atoms with Crippen LogP contribution in [0, 0.1) is 18.7 Å². The van der Waals surface area contributed by atoms with Crippen LogP contribution in [-0.4, -0.2) is 5.78 Å². The zero-order valence-corrected chi connectivity index (χ0v) is 8.80. The van der Waals surface area contributed by atoms with Gasteiger partial charge in [0, 0.05) is 12.3 Å². The van der Waals surface area contributed by atoms with Gasteiger partial charge in [-0.05, 0) is 18.6 Å². The van der Waals surface area contributed by atoms with Gasteiger partial charge in [0.05, 0.1) is 0 Å². The molecule has 1 aromatic rings. The molecule has 0 aliphatic carbocycles. The van der Waals surface area contributed by atoms with E-state index in [4.69, 9.17) is 0 Å². The van der Waals surface area contributed by atoms with E-state index < -0.39 is 0 Å². The second-order valence-electron chi connectivity index (χ2n) is 3.89. The fourth-order valence-electron chi connectivity index (χ4n) is 1.23. The number of carbonyl (C=O) groups is 1. The smallest absolute Gasteiger partial charge is 0.139 e. The normalized spacial score (nSPS) is 10.6. The molecule has 2 heteroatoms. The lowest BCUT2D eigenvalue weighted by molar-refractivity contribution is -0.121.